The zero-order valence-corrected chi connectivity index (χ0v) is 17.2. The van der Waals surface area contributed by atoms with E-state index >= 15 is 0 Å². The predicted octanol–water partition coefficient (Wildman–Crippen LogP) is 2.07. The van der Waals surface area contributed by atoms with Crippen LogP contribution in [0.15, 0.2) is 53.4 Å². The molecule has 0 saturated heterocycles. The van der Waals surface area contributed by atoms with Gasteiger partial charge in [-0.2, -0.15) is 0 Å². The van der Waals surface area contributed by atoms with E-state index in [2.05, 4.69) is 10.6 Å². The number of hydrogen-bond donors (Lipinski definition) is 2. The molecule has 0 atom stereocenters. The number of aryl methyl sites for hydroxylation is 1. The lowest BCUT2D eigenvalue weighted by atomic mass is 10.2. The predicted molar refractivity (Wildman–Crippen MR) is 109 cm³/mol. The summed E-state index contributed by atoms with van der Waals surface area (Å²) in [6, 6.07) is 12.8. The second-order valence-corrected chi connectivity index (χ2v) is 8.71. The zero-order chi connectivity index (χ0) is 20.9. The number of nitrogens with one attached hydrogen (secondary N) is 2. The first-order valence-electron chi connectivity index (χ1n) is 8.84. The van der Waals surface area contributed by atoms with E-state index in [-0.39, 0.29) is 29.0 Å². The van der Waals surface area contributed by atoms with Crippen molar-refractivity contribution in [2.75, 3.05) is 17.9 Å². The summed E-state index contributed by atoms with van der Waals surface area (Å²) in [5, 5.41) is 5.16. The molecule has 0 aliphatic heterocycles. The summed E-state index contributed by atoms with van der Waals surface area (Å²) in [5.41, 5.74) is 1.70. The van der Waals surface area contributed by atoms with Gasteiger partial charge >= 0.3 is 0 Å². The van der Waals surface area contributed by atoms with E-state index in [0.717, 1.165) is 5.56 Å². The molecule has 7 nitrogen and oxygen atoms in total. The van der Waals surface area contributed by atoms with Gasteiger partial charge in [0.1, 0.15) is 0 Å². The summed E-state index contributed by atoms with van der Waals surface area (Å²) < 4.78 is 27.0. The van der Waals surface area contributed by atoms with Crippen molar-refractivity contribution in [3.63, 3.8) is 0 Å². The molecule has 0 radical (unpaired) electrons. The van der Waals surface area contributed by atoms with Crippen LogP contribution in [-0.2, 0) is 14.8 Å². The van der Waals surface area contributed by atoms with Gasteiger partial charge in [-0.25, -0.2) is 8.42 Å². The van der Waals surface area contributed by atoms with Crippen molar-refractivity contribution in [3.05, 3.63) is 59.7 Å². The van der Waals surface area contributed by atoms with E-state index in [1.165, 1.54) is 35.6 Å². The molecule has 2 aromatic rings. The van der Waals surface area contributed by atoms with Gasteiger partial charge in [0.05, 0.1) is 17.1 Å². The maximum Gasteiger partial charge on any atom is 0.264 e. The topological polar surface area (TPSA) is 95.6 Å². The molecular formula is C20H25N3O4S. The molecule has 0 spiro atoms. The van der Waals surface area contributed by atoms with Crippen LogP contribution in [0.25, 0.3) is 0 Å². The number of carbonyl (C=O) groups excluding carboxylic acids is 2. The first kappa shape index (κ1) is 21.4. The minimum absolute atomic E-state index is 0.00476. The van der Waals surface area contributed by atoms with Gasteiger partial charge in [0, 0.05) is 18.7 Å². The fourth-order valence-corrected chi connectivity index (χ4v) is 3.73. The third kappa shape index (κ3) is 5.32. The minimum Gasteiger partial charge on any atom is -0.352 e. The quantitative estimate of drug-likeness (QED) is 0.740. The van der Waals surface area contributed by atoms with Crippen LogP contribution in [0, 0.1) is 6.92 Å². The zero-order valence-electron chi connectivity index (χ0n) is 16.4. The Morgan fingerprint density at radius 3 is 2.32 bits per heavy atom. The molecule has 0 unspecified atom stereocenters. The van der Waals surface area contributed by atoms with Gasteiger partial charge in [0.25, 0.3) is 15.9 Å². The number of hydrogen-bond acceptors (Lipinski definition) is 4. The Hall–Kier alpha value is -2.87. The number of anilines is 1. The molecule has 8 heteroatoms. The van der Waals surface area contributed by atoms with Gasteiger partial charge in [-0.1, -0.05) is 23.8 Å². The summed E-state index contributed by atoms with van der Waals surface area (Å²) in [5.74, 6) is -0.833. The summed E-state index contributed by atoms with van der Waals surface area (Å²) >= 11 is 0. The lowest BCUT2D eigenvalue weighted by Gasteiger charge is -2.20. The summed E-state index contributed by atoms with van der Waals surface area (Å²) in [4.78, 5) is 23.9. The van der Waals surface area contributed by atoms with Crippen LogP contribution in [0.3, 0.4) is 0 Å². The Morgan fingerprint density at radius 2 is 1.71 bits per heavy atom. The molecule has 2 amide bonds. The van der Waals surface area contributed by atoms with Crippen molar-refractivity contribution < 1.29 is 18.0 Å². The fourth-order valence-electron chi connectivity index (χ4n) is 2.48. The largest absolute Gasteiger partial charge is 0.352 e. The Balaban J connectivity index is 2.18. The van der Waals surface area contributed by atoms with Gasteiger partial charge in [-0.05, 0) is 51.1 Å². The summed E-state index contributed by atoms with van der Waals surface area (Å²) in [6.45, 7) is 5.37. The highest BCUT2D eigenvalue weighted by Gasteiger charge is 2.22. The van der Waals surface area contributed by atoms with E-state index in [4.69, 9.17) is 0 Å². The second-order valence-electron chi connectivity index (χ2n) is 6.74. The van der Waals surface area contributed by atoms with Crippen molar-refractivity contribution in [3.8, 4) is 0 Å². The normalized spacial score (nSPS) is 11.2. The highest BCUT2D eigenvalue weighted by atomic mass is 32.2. The Labute approximate surface area is 165 Å². The molecule has 0 aliphatic carbocycles. The number of benzene rings is 2. The molecule has 2 aromatic carbocycles. The number of nitrogens with zero attached hydrogens (tertiary/aromatic N) is 1. The van der Waals surface area contributed by atoms with Crippen LogP contribution < -0.4 is 14.9 Å². The van der Waals surface area contributed by atoms with E-state index in [0.29, 0.717) is 5.69 Å². The van der Waals surface area contributed by atoms with Gasteiger partial charge in [-0.3, -0.25) is 13.9 Å². The van der Waals surface area contributed by atoms with Crippen molar-refractivity contribution in [2.24, 2.45) is 0 Å². The number of sulfonamides is 1. The van der Waals surface area contributed by atoms with E-state index in [1.54, 1.807) is 12.1 Å². The lowest BCUT2D eigenvalue weighted by Crippen LogP contribution is -2.39. The summed E-state index contributed by atoms with van der Waals surface area (Å²) in [6.07, 6.45) is 0. The van der Waals surface area contributed by atoms with Gasteiger partial charge in [-0.15, -0.1) is 0 Å². The average molecular weight is 404 g/mol. The minimum atomic E-state index is -3.83. The first-order chi connectivity index (χ1) is 13.1. The number of carbonyl (C=O) groups is 2. The van der Waals surface area contributed by atoms with E-state index in [9.17, 15) is 18.0 Å². The molecule has 28 heavy (non-hydrogen) atoms. The molecule has 0 bridgehead atoms. The molecule has 0 aliphatic rings. The molecular weight excluding hydrogens is 378 g/mol. The van der Waals surface area contributed by atoms with Crippen molar-refractivity contribution in [1.82, 2.24) is 10.6 Å². The molecule has 2 N–H and O–H groups in total. The van der Waals surface area contributed by atoms with Crippen LogP contribution in [0.2, 0.25) is 0 Å². The van der Waals surface area contributed by atoms with Gasteiger partial charge < -0.3 is 10.6 Å². The van der Waals surface area contributed by atoms with Crippen LogP contribution in [0.4, 0.5) is 5.69 Å². The van der Waals surface area contributed by atoms with Gasteiger partial charge in [0.2, 0.25) is 5.91 Å². The van der Waals surface area contributed by atoms with Crippen LogP contribution in [0.1, 0.15) is 29.8 Å². The monoisotopic (exact) mass is 403 g/mol. The Bertz CT molecular complexity index is 954. The maximum absolute atomic E-state index is 12.9. The molecule has 150 valence electrons. The Kier molecular flexibility index (Phi) is 6.80. The third-order valence-corrected chi connectivity index (χ3v) is 5.79. The number of rotatable bonds is 7. The standard InChI is InChI=1S/C20H25N3O4S/c1-14(2)22-19(24)13-21-20(25)16-6-5-7-18(12-16)28(26,27)23(4)17-10-8-15(3)9-11-17/h5-12,14H,13H2,1-4H3,(H,21,25)(H,22,24). The first-order valence-corrected chi connectivity index (χ1v) is 10.3. The summed E-state index contributed by atoms with van der Waals surface area (Å²) in [7, 11) is -2.37. The highest BCUT2D eigenvalue weighted by Crippen LogP contribution is 2.23. The highest BCUT2D eigenvalue weighted by molar-refractivity contribution is 7.92. The number of amides is 2. The second kappa shape index (κ2) is 8.88. The molecule has 0 aromatic heterocycles. The molecule has 0 saturated carbocycles. The SMILES string of the molecule is Cc1ccc(N(C)S(=O)(=O)c2cccc(C(=O)NCC(=O)NC(C)C)c2)cc1. The van der Waals surface area contributed by atoms with Crippen molar-refractivity contribution in [1.29, 1.82) is 0 Å². The molecule has 0 fully saturated rings. The average Bonchev–Trinajstić information content (AvgIpc) is 2.65. The third-order valence-electron chi connectivity index (χ3n) is 4.01. The van der Waals surface area contributed by atoms with Crippen LogP contribution in [-0.4, -0.2) is 39.9 Å². The molecule has 0 heterocycles. The maximum atomic E-state index is 12.9. The Morgan fingerprint density at radius 1 is 1.07 bits per heavy atom. The molecule has 2 rings (SSSR count). The van der Waals surface area contributed by atoms with Crippen molar-refractivity contribution >= 4 is 27.5 Å². The van der Waals surface area contributed by atoms with Crippen LogP contribution in [0.5, 0.6) is 0 Å². The lowest BCUT2D eigenvalue weighted by molar-refractivity contribution is -0.120. The fraction of sp³-hybridized carbons (Fsp3) is 0.300. The smallest absolute Gasteiger partial charge is 0.264 e. The van der Waals surface area contributed by atoms with Gasteiger partial charge in [0.15, 0.2) is 0 Å². The van der Waals surface area contributed by atoms with E-state index in [1.807, 2.05) is 32.9 Å². The van der Waals surface area contributed by atoms with E-state index < -0.39 is 15.9 Å². The van der Waals surface area contributed by atoms with Crippen LogP contribution >= 0.6 is 0 Å². The van der Waals surface area contributed by atoms with Crippen molar-refractivity contribution in [2.45, 2.75) is 31.7 Å².